The molecule has 0 radical (unpaired) electrons. The molecular weight excluding hydrogens is 381 g/mol. The van der Waals surface area contributed by atoms with Crippen LogP contribution in [0, 0.1) is 0 Å². The van der Waals surface area contributed by atoms with Gasteiger partial charge in [-0.3, -0.25) is 0 Å². The van der Waals surface area contributed by atoms with E-state index in [1.807, 2.05) is 26.0 Å². The SMILES string of the molecule is CC1(C)c2cc(Cl)ccc2-c2cc(OC(F)(F)F)cc(Br)c21. The van der Waals surface area contributed by atoms with Gasteiger partial charge in [-0.05, 0) is 46.5 Å². The average molecular weight is 392 g/mol. The summed E-state index contributed by atoms with van der Waals surface area (Å²) in [7, 11) is 0. The zero-order chi connectivity index (χ0) is 16.3. The second kappa shape index (κ2) is 4.90. The highest BCUT2D eigenvalue weighted by Gasteiger charge is 2.39. The highest BCUT2D eigenvalue weighted by molar-refractivity contribution is 9.10. The van der Waals surface area contributed by atoms with Crippen LogP contribution in [0.4, 0.5) is 13.2 Å². The van der Waals surface area contributed by atoms with Crippen molar-refractivity contribution in [3.05, 3.63) is 51.0 Å². The molecule has 22 heavy (non-hydrogen) atoms. The number of ether oxygens (including phenoxy) is 1. The van der Waals surface area contributed by atoms with Gasteiger partial charge in [-0.1, -0.05) is 47.4 Å². The van der Waals surface area contributed by atoms with E-state index >= 15 is 0 Å². The number of hydrogen-bond acceptors (Lipinski definition) is 1. The zero-order valence-corrected chi connectivity index (χ0v) is 14.0. The standard InChI is InChI=1S/C16H11BrClF3O/c1-15(2)12-5-8(18)3-4-10(12)11-6-9(22-16(19,20)21)7-13(17)14(11)15/h3-7H,1-2H3. The molecule has 0 amide bonds. The number of halogens is 5. The maximum Gasteiger partial charge on any atom is 0.573 e. The molecule has 0 bridgehead atoms. The van der Waals surface area contributed by atoms with Gasteiger partial charge >= 0.3 is 6.36 Å². The molecule has 1 aliphatic carbocycles. The first-order valence-corrected chi connectivity index (χ1v) is 7.67. The van der Waals surface area contributed by atoms with E-state index in [1.54, 1.807) is 6.07 Å². The molecule has 2 aromatic rings. The Bertz CT molecular complexity index is 769. The Labute approximate surface area is 139 Å². The van der Waals surface area contributed by atoms with Gasteiger partial charge in [0.05, 0.1) is 0 Å². The Morgan fingerprint density at radius 1 is 1.09 bits per heavy atom. The Morgan fingerprint density at radius 3 is 2.41 bits per heavy atom. The van der Waals surface area contributed by atoms with Crippen LogP contribution in [0.1, 0.15) is 25.0 Å². The van der Waals surface area contributed by atoms with Gasteiger partial charge in [0.15, 0.2) is 0 Å². The largest absolute Gasteiger partial charge is 0.573 e. The van der Waals surface area contributed by atoms with Gasteiger partial charge in [-0.25, -0.2) is 0 Å². The van der Waals surface area contributed by atoms with E-state index in [2.05, 4.69) is 20.7 Å². The normalized spacial score (nSPS) is 15.4. The monoisotopic (exact) mass is 390 g/mol. The molecular formula is C16H11BrClF3O. The predicted molar refractivity (Wildman–Crippen MR) is 83.4 cm³/mol. The summed E-state index contributed by atoms with van der Waals surface area (Å²) < 4.78 is 42.1. The van der Waals surface area contributed by atoms with Crippen molar-refractivity contribution in [3.63, 3.8) is 0 Å². The van der Waals surface area contributed by atoms with Gasteiger partial charge in [0, 0.05) is 14.9 Å². The molecule has 0 saturated carbocycles. The summed E-state index contributed by atoms with van der Waals surface area (Å²) in [5.41, 5.74) is 3.16. The van der Waals surface area contributed by atoms with Gasteiger partial charge in [0.25, 0.3) is 0 Å². The summed E-state index contributed by atoms with van der Waals surface area (Å²) in [6.45, 7) is 4.03. The lowest BCUT2D eigenvalue weighted by atomic mass is 9.82. The molecule has 0 heterocycles. The van der Waals surface area contributed by atoms with Gasteiger partial charge in [0.2, 0.25) is 0 Å². The Kier molecular flexibility index (Phi) is 3.49. The van der Waals surface area contributed by atoms with Crippen molar-refractivity contribution in [2.75, 3.05) is 0 Å². The van der Waals surface area contributed by atoms with E-state index < -0.39 is 6.36 Å². The number of alkyl halides is 3. The third-order valence-electron chi connectivity index (χ3n) is 3.87. The van der Waals surface area contributed by atoms with Crippen LogP contribution in [0.2, 0.25) is 5.02 Å². The van der Waals surface area contributed by atoms with Crippen molar-refractivity contribution in [1.82, 2.24) is 0 Å². The van der Waals surface area contributed by atoms with E-state index in [4.69, 9.17) is 11.6 Å². The fraction of sp³-hybridized carbons (Fsp3) is 0.250. The molecule has 0 fully saturated rings. The van der Waals surface area contributed by atoms with Crippen molar-refractivity contribution >= 4 is 27.5 Å². The van der Waals surface area contributed by atoms with Crippen molar-refractivity contribution in [3.8, 4) is 16.9 Å². The average Bonchev–Trinajstić information content (AvgIpc) is 2.56. The molecule has 0 aliphatic heterocycles. The fourth-order valence-electron chi connectivity index (χ4n) is 3.03. The van der Waals surface area contributed by atoms with Crippen LogP contribution < -0.4 is 4.74 Å². The smallest absolute Gasteiger partial charge is 0.406 e. The molecule has 6 heteroatoms. The highest BCUT2D eigenvalue weighted by atomic mass is 79.9. The van der Waals surface area contributed by atoms with Gasteiger partial charge < -0.3 is 4.74 Å². The van der Waals surface area contributed by atoms with Crippen molar-refractivity contribution < 1.29 is 17.9 Å². The van der Waals surface area contributed by atoms with Crippen LogP contribution >= 0.6 is 27.5 Å². The van der Waals surface area contributed by atoms with Crippen LogP contribution in [0.5, 0.6) is 5.75 Å². The Morgan fingerprint density at radius 2 is 1.77 bits per heavy atom. The number of rotatable bonds is 1. The molecule has 0 saturated heterocycles. The number of fused-ring (bicyclic) bond motifs is 3. The number of benzene rings is 2. The predicted octanol–water partition coefficient (Wildman–Crippen LogP) is 6.31. The quantitative estimate of drug-likeness (QED) is 0.554. The van der Waals surface area contributed by atoms with Crippen molar-refractivity contribution in [1.29, 1.82) is 0 Å². The molecule has 116 valence electrons. The summed E-state index contributed by atoms with van der Waals surface area (Å²) in [6, 6.07) is 8.19. The van der Waals surface area contributed by atoms with Crippen LogP contribution in [0.15, 0.2) is 34.8 Å². The van der Waals surface area contributed by atoms with E-state index in [9.17, 15) is 13.2 Å². The lowest BCUT2D eigenvalue weighted by Crippen LogP contribution is -2.18. The van der Waals surface area contributed by atoms with Crippen molar-refractivity contribution in [2.45, 2.75) is 25.6 Å². The zero-order valence-electron chi connectivity index (χ0n) is 11.7. The molecule has 2 aromatic carbocycles. The van der Waals surface area contributed by atoms with E-state index in [1.165, 1.54) is 12.1 Å². The molecule has 0 spiro atoms. The minimum atomic E-state index is -4.72. The maximum atomic E-state index is 12.5. The number of hydrogen-bond donors (Lipinski definition) is 0. The molecule has 0 unspecified atom stereocenters. The molecule has 0 atom stereocenters. The summed E-state index contributed by atoms with van der Waals surface area (Å²) in [5.74, 6) is -0.239. The Balaban J connectivity index is 2.23. The van der Waals surface area contributed by atoms with Crippen LogP contribution in [0.3, 0.4) is 0 Å². The molecule has 3 rings (SSSR count). The summed E-state index contributed by atoms with van der Waals surface area (Å²) >= 11 is 9.44. The second-order valence-corrected chi connectivity index (χ2v) is 6.98. The third kappa shape index (κ3) is 2.50. The Hall–Kier alpha value is -1.20. The maximum absolute atomic E-state index is 12.5. The lowest BCUT2D eigenvalue weighted by Gasteiger charge is -2.23. The van der Waals surface area contributed by atoms with Crippen LogP contribution in [-0.4, -0.2) is 6.36 Å². The first kappa shape index (κ1) is 15.7. The first-order chi connectivity index (χ1) is 10.1. The van der Waals surface area contributed by atoms with E-state index in [-0.39, 0.29) is 11.2 Å². The lowest BCUT2D eigenvalue weighted by molar-refractivity contribution is -0.274. The summed E-state index contributed by atoms with van der Waals surface area (Å²) in [6.07, 6.45) is -4.72. The topological polar surface area (TPSA) is 9.23 Å². The molecule has 1 aliphatic rings. The van der Waals surface area contributed by atoms with Gasteiger partial charge in [0.1, 0.15) is 5.75 Å². The van der Waals surface area contributed by atoms with Gasteiger partial charge in [-0.15, -0.1) is 13.2 Å². The van der Waals surface area contributed by atoms with Gasteiger partial charge in [-0.2, -0.15) is 0 Å². The second-order valence-electron chi connectivity index (χ2n) is 5.69. The molecule has 0 N–H and O–H groups in total. The minimum absolute atomic E-state index is 0.239. The summed E-state index contributed by atoms with van der Waals surface area (Å²) in [5, 5.41) is 0.600. The highest BCUT2D eigenvalue weighted by Crippen LogP contribution is 2.53. The van der Waals surface area contributed by atoms with Crippen LogP contribution in [0.25, 0.3) is 11.1 Å². The van der Waals surface area contributed by atoms with Crippen molar-refractivity contribution in [2.24, 2.45) is 0 Å². The van der Waals surface area contributed by atoms with Crippen LogP contribution in [-0.2, 0) is 5.41 Å². The third-order valence-corrected chi connectivity index (χ3v) is 4.73. The summed E-state index contributed by atoms with van der Waals surface area (Å²) in [4.78, 5) is 0. The van der Waals surface area contributed by atoms with E-state index in [0.717, 1.165) is 22.3 Å². The molecule has 0 aromatic heterocycles. The molecule has 1 nitrogen and oxygen atoms in total. The minimum Gasteiger partial charge on any atom is -0.406 e. The van der Waals surface area contributed by atoms with E-state index in [0.29, 0.717) is 9.50 Å². The fourth-order valence-corrected chi connectivity index (χ4v) is 4.13. The first-order valence-electron chi connectivity index (χ1n) is 6.50.